The predicted molar refractivity (Wildman–Crippen MR) is 95.5 cm³/mol. The highest BCUT2D eigenvalue weighted by Gasteiger charge is 2.35. The molecule has 0 amide bonds. The Morgan fingerprint density at radius 1 is 0.913 bits per heavy atom. The summed E-state index contributed by atoms with van der Waals surface area (Å²) in [7, 11) is 0. The molecule has 1 saturated heterocycles. The Kier molecular flexibility index (Phi) is 10.9. The van der Waals surface area contributed by atoms with Crippen LogP contribution in [-0.4, -0.2) is 23.3 Å². The fraction of sp³-hybridized carbons (Fsp3) is 0.550. The molecule has 1 heterocycles. The third kappa shape index (κ3) is 11.6. The van der Waals surface area contributed by atoms with Crippen molar-refractivity contribution in [3.05, 3.63) is 48.6 Å². The second-order valence-corrected chi connectivity index (χ2v) is 5.86. The SMILES string of the molecule is CCC1OC1CCCCCCC\C=C/C=C\C=C/C=C/C(=O)O. The van der Waals surface area contributed by atoms with E-state index in [2.05, 4.69) is 13.0 Å². The lowest BCUT2D eigenvalue weighted by molar-refractivity contribution is -0.131. The van der Waals surface area contributed by atoms with E-state index in [9.17, 15) is 4.79 Å². The second-order valence-electron chi connectivity index (χ2n) is 5.86. The van der Waals surface area contributed by atoms with Gasteiger partial charge in [0, 0.05) is 6.08 Å². The van der Waals surface area contributed by atoms with Crippen molar-refractivity contribution in [1.29, 1.82) is 0 Å². The first-order valence-corrected chi connectivity index (χ1v) is 8.79. The van der Waals surface area contributed by atoms with E-state index in [4.69, 9.17) is 9.84 Å². The van der Waals surface area contributed by atoms with Crippen LogP contribution < -0.4 is 0 Å². The highest BCUT2D eigenvalue weighted by Crippen LogP contribution is 2.29. The first-order valence-electron chi connectivity index (χ1n) is 8.79. The Morgan fingerprint density at radius 3 is 2.26 bits per heavy atom. The van der Waals surface area contributed by atoms with Gasteiger partial charge in [-0.1, -0.05) is 75.1 Å². The minimum Gasteiger partial charge on any atom is -0.478 e. The maximum absolute atomic E-state index is 10.2. The molecule has 0 saturated carbocycles. The minimum atomic E-state index is -0.926. The molecule has 128 valence electrons. The van der Waals surface area contributed by atoms with Crippen molar-refractivity contribution < 1.29 is 14.6 Å². The van der Waals surface area contributed by atoms with Gasteiger partial charge < -0.3 is 9.84 Å². The van der Waals surface area contributed by atoms with Crippen LogP contribution in [0.4, 0.5) is 0 Å². The van der Waals surface area contributed by atoms with E-state index in [-0.39, 0.29) is 0 Å². The molecule has 0 aromatic rings. The molecule has 23 heavy (non-hydrogen) atoms. The van der Waals surface area contributed by atoms with Crippen LogP contribution in [0.2, 0.25) is 0 Å². The number of epoxide rings is 1. The van der Waals surface area contributed by atoms with E-state index >= 15 is 0 Å². The Labute approximate surface area is 140 Å². The second kappa shape index (κ2) is 12.9. The average molecular weight is 318 g/mol. The van der Waals surface area contributed by atoms with Gasteiger partial charge in [-0.15, -0.1) is 0 Å². The third-order valence-corrected chi connectivity index (χ3v) is 3.88. The number of carbonyl (C=O) groups is 1. The molecule has 0 bridgehead atoms. The van der Waals surface area contributed by atoms with Crippen molar-refractivity contribution in [1.82, 2.24) is 0 Å². The molecule has 1 aliphatic rings. The van der Waals surface area contributed by atoms with Crippen LogP contribution in [0.15, 0.2) is 48.6 Å². The summed E-state index contributed by atoms with van der Waals surface area (Å²) < 4.78 is 5.54. The van der Waals surface area contributed by atoms with Crippen molar-refractivity contribution in [2.45, 2.75) is 70.5 Å². The third-order valence-electron chi connectivity index (χ3n) is 3.88. The first kappa shape index (κ1) is 19.4. The Balaban J connectivity index is 1.85. The van der Waals surface area contributed by atoms with E-state index in [1.807, 2.05) is 24.3 Å². The van der Waals surface area contributed by atoms with Gasteiger partial charge in [-0.3, -0.25) is 0 Å². The van der Waals surface area contributed by atoms with Gasteiger partial charge in [0.15, 0.2) is 0 Å². The zero-order chi connectivity index (χ0) is 16.8. The van der Waals surface area contributed by atoms with Gasteiger partial charge in [-0.2, -0.15) is 0 Å². The smallest absolute Gasteiger partial charge is 0.328 e. The molecular formula is C20H30O3. The number of hydrogen-bond acceptors (Lipinski definition) is 2. The van der Waals surface area contributed by atoms with Crippen molar-refractivity contribution >= 4 is 5.97 Å². The van der Waals surface area contributed by atoms with E-state index in [1.165, 1.54) is 51.0 Å². The van der Waals surface area contributed by atoms with E-state index in [1.54, 1.807) is 6.08 Å². The highest BCUT2D eigenvalue weighted by molar-refractivity contribution is 5.80. The lowest BCUT2D eigenvalue weighted by atomic mass is 10.1. The van der Waals surface area contributed by atoms with E-state index < -0.39 is 5.97 Å². The lowest BCUT2D eigenvalue weighted by Gasteiger charge is -1.98. The molecule has 0 aromatic carbocycles. The standard InChI is InChI=1S/C20H30O3/c1-2-18-19(23-18)16-14-12-10-8-6-4-3-5-7-9-11-13-15-17-20(21)22/h3,5,7,9,11,13,15,17-19H,2,4,6,8,10,12,14,16H2,1H3,(H,21,22)/b5-3-,9-7-,13-11-,17-15+. The number of carboxylic acid groups (broad SMARTS) is 1. The molecule has 1 rings (SSSR count). The zero-order valence-electron chi connectivity index (χ0n) is 14.2. The van der Waals surface area contributed by atoms with Gasteiger partial charge in [-0.05, 0) is 25.7 Å². The average Bonchev–Trinajstić information content (AvgIpc) is 3.29. The number of aliphatic carboxylic acids is 1. The summed E-state index contributed by atoms with van der Waals surface area (Å²) in [4.78, 5) is 10.2. The minimum absolute atomic E-state index is 0.566. The molecule has 0 radical (unpaired) electrons. The van der Waals surface area contributed by atoms with Gasteiger partial charge in [0.05, 0.1) is 12.2 Å². The van der Waals surface area contributed by atoms with Gasteiger partial charge in [-0.25, -0.2) is 4.79 Å². The number of rotatable bonds is 13. The largest absolute Gasteiger partial charge is 0.478 e. The molecule has 0 aromatic heterocycles. The van der Waals surface area contributed by atoms with E-state index in [0.29, 0.717) is 12.2 Å². The maximum atomic E-state index is 10.2. The van der Waals surface area contributed by atoms with Crippen molar-refractivity contribution in [2.75, 3.05) is 0 Å². The molecule has 0 spiro atoms. The van der Waals surface area contributed by atoms with Crippen LogP contribution in [0.1, 0.15) is 58.3 Å². The number of ether oxygens (including phenoxy) is 1. The van der Waals surface area contributed by atoms with Crippen molar-refractivity contribution in [3.8, 4) is 0 Å². The number of carboxylic acids is 1. The van der Waals surface area contributed by atoms with Crippen molar-refractivity contribution in [2.24, 2.45) is 0 Å². The lowest BCUT2D eigenvalue weighted by Crippen LogP contribution is -1.92. The van der Waals surface area contributed by atoms with Gasteiger partial charge in [0.25, 0.3) is 0 Å². The summed E-state index contributed by atoms with van der Waals surface area (Å²) in [6, 6.07) is 0. The van der Waals surface area contributed by atoms with Crippen LogP contribution in [0.5, 0.6) is 0 Å². The Hall–Kier alpha value is -1.61. The highest BCUT2D eigenvalue weighted by atomic mass is 16.6. The zero-order valence-corrected chi connectivity index (χ0v) is 14.2. The molecule has 3 heteroatoms. The van der Waals surface area contributed by atoms with Gasteiger partial charge in [0.1, 0.15) is 0 Å². The fourth-order valence-corrected chi connectivity index (χ4v) is 2.50. The molecule has 1 N–H and O–H groups in total. The number of allylic oxidation sites excluding steroid dienone is 7. The first-order chi connectivity index (χ1) is 11.2. The Morgan fingerprint density at radius 2 is 1.57 bits per heavy atom. The monoisotopic (exact) mass is 318 g/mol. The van der Waals surface area contributed by atoms with Crippen LogP contribution in [0, 0.1) is 0 Å². The van der Waals surface area contributed by atoms with E-state index in [0.717, 1.165) is 12.5 Å². The molecule has 2 atom stereocenters. The molecule has 2 unspecified atom stereocenters. The summed E-state index contributed by atoms with van der Waals surface area (Å²) in [6.07, 6.45) is 25.4. The van der Waals surface area contributed by atoms with Gasteiger partial charge in [0.2, 0.25) is 0 Å². The molecule has 3 nitrogen and oxygen atoms in total. The maximum Gasteiger partial charge on any atom is 0.328 e. The summed E-state index contributed by atoms with van der Waals surface area (Å²) in [6.45, 7) is 2.19. The molecule has 0 aliphatic carbocycles. The summed E-state index contributed by atoms with van der Waals surface area (Å²) in [5.74, 6) is -0.926. The normalized spacial score (nSPS) is 21.3. The number of hydrogen-bond donors (Lipinski definition) is 1. The van der Waals surface area contributed by atoms with Crippen LogP contribution in [0.3, 0.4) is 0 Å². The molecule has 1 fully saturated rings. The summed E-state index contributed by atoms with van der Waals surface area (Å²) >= 11 is 0. The number of unbranched alkanes of at least 4 members (excludes halogenated alkanes) is 5. The topological polar surface area (TPSA) is 49.8 Å². The predicted octanol–water partition coefficient (Wildman–Crippen LogP) is 5.20. The summed E-state index contributed by atoms with van der Waals surface area (Å²) in [5, 5.41) is 8.40. The fourth-order valence-electron chi connectivity index (χ4n) is 2.50. The summed E-state index contributed by atoms with van der Waals surface area (Å²) in [5.41, 5.74) is 0. The van der Waals surface area contributed by atoms with Crippen LogP contribution in [0.25, 0.3) is 0 Å². The quantitative estimate of drug-likeness (QED) is 0.220. The Bertz CT molecular complexity index is 432. The molecular weight excluding hydrogens is 288 g/mol. The molecule has 1 aliphatic heterocycles. The van der Waals surface area contributed by atoms with Crippen LogP contribution >= 0.6 is 0 Å². The van der Waals surface area contributed by atoms with Crippen LogP contribution in [-0.2, 0) is 9.53 Å². The van der Waals surface area contributed by atoms with Gasteiger partial charge >= 0.3 is 5.97 Å². The van der Waals surface area contributed by atoms with Crippen molar-refractivity contribution in [3.63, 3.8) is 0 Å².